The molecule has 4 nitrogen and oxygen atoms in total. The fourth-order valence-corrected chi connectivity index (χ4v) is 1.47. The van der Waals surface area contributed by atoms with Gasteiger partial charge in [0.25, 0.3) is 0 Å². The van der Waals surface area contributed by atoms with Gasteiger partial charge < -0.3 is 15.6 Å². The number of carbonyl (C=O) groups is 2. The van der Waals surface area contributed by atoms with Crippen molar-refractivity contribution in [2.45, 2.75) is 19.4 Å². The zero-order valence-corrected chi connectivity index (χ0v) is 9.31. The fraction of sp³-hybridized carbons (Fsp3) is 0.333. The van der Waals surface area contributed by atoms with E-state index in [4.69, 9.17) is 10.8 Å². The van der Waals surface area contributed by atoms with Gasteiger partial charge in [-0.15, -0.1) is 0 Å². The molecular weight excluding hydrogens is 206 g/mol. The second kappa shape index (κ2) is 4.06. The summed E-state index contributed by atoms with van der Waals surface area (Å²) in [5.41, 5.74) is 3.55. The molecule has 1 atom stereocenters. The van der Waals surface area contributed by atoms with Crippen LogP contribution in [-0.2, 0) is 15.1 Å². The van der Waals surface area contributed by atoms with Crippen molar-refractivity contribution in [2.24, 2.45) is 11.1 Å². The smallest absolute Gasteiger partial charge is 0.311 e. The minimum absolute atomic E-state index is 0.496. The molecule has 86 valence electrons. The summed E-state index contributed by atoms with van der Waals surface area (Å²) in [5, 5.41) is 9.13. The number of carboxylic acids is 1. The van der Waals surface area contributed by atoms with Gasteiger partial charge in [0.1, 0.15) is 11.8 Å². The Kier molecular flexibility index (Phi) is 3.14. The summed E-state index contributed by atoms with van der Waals surface area (Å²) in [6.07, 6.45) is 0.496. The quantitative estimate of drug-likeness (QED) is 0.747. The second-order valence-electron chi connectivity index (χ2n) is 4.28. The van der Waals surface area contributed by atoms with Crippen molar-refractivity contribution < 1.29 is 14.7 Å². The first-order valence-electron chi connectivity index (χ1n) is 4.90. The van der Waals surface area contributed by atoms with Gasteiger partial charge in [-0.25, -0.2) is 0 Å². The van der Waals surface area contributed by atoms with E-state index in [0.29, 0.717) is 11.8 Å². The highest BCUT2D eigenvalue weighted by Crippen LogP contribution is 2.36. The largest absolute Gasteiger partial charge is 0.481 e. The lowest BCUT2D eigenvalue weighted by Crippen LogP contribution is -2.55. The van der Waals surface area contributed by atoms with Gasteiger partial charge in [0.15, 0.2) is 0 Å². The van der Waals surface area contributed by atoms with E-state index in [2.05, 4.69) is 0 Å². The van der Waals surface area contributed by atoms with Crippen molar-refractivity contribution in [3.05, 3.63) is 35.9 Å². The standard InChI is InChI=1S/C12H15NO3/c1-11(2,10(15)16)12(13,8-14)9-6-4-3-5-7-9/h3-8H,13H2,1-2H3,(H,15,16). The van der Waals surface area contributed by atoms with Crippen molar-refractivity contribution in [1.29, 1.82) is 0 Å². The van der Waals surface area contributed by atoms with Crippen LogP contribution in [-0.4, -0.2) is 17.4 Å². The maximum atomic E-state index is 11.2. The van der Waals surface area contributed by atoms with Gasteiger partial charge in [0, 0.05) is 0 Å². The lowest BCUT2D eigenvalue weighted by atomic mass is 9.69. The summed E-state index contributed by atoms with van der Waals surface area (Å²) in [7, 11) is 0. The van der Waals surface area contributed by atoms with Crippen LogP contribution in [0.25, 0.3) is 0 Å². The molecule has 3 N–H and O–H groups in total. The summed E-state index contributed by atoms with van der Waals surface area (Å²) in [6.45, 7) is 2.88. The van der Waals surface area contributed by atoms with Gasteiger partial charge in [-0.3, -0.25) is 4.79 Å². The zero-order chi connectivity index (χ0) is 12.4. The number of hydrogen-bond donors (Lipinski definition) is 2. The predicted molar refractivity (Wildman–Crippen MR) is 59.8 cm³/mol. The second-order valence-corrected chi connectivity index (χ2v) is 4.28. The van der Waals surface area contributed by atoms with Crippen LogP contribution in [0.4, 0.5) is 0 Å². The molecule has 0 radical (unpaired) electrons. The van der Waals surface area contributed by atoms with Gasteiger partial charge in [-0.1, -0.05) is 30.3 Å². The van der Waals surface area contributed by atoms with Gasteiger partial charge in [0.05, 0.1) is 5.41 Å². The van der Waals surface area contributed by atoms with Crippen molar-refractivity contribution in [1.82, 2.24) is 0 Å². The van der Waals surface area contributed by atoms with Gasteiger partial charge >= 0.3 is 5.97 Å². The Labute approximate surface area is 94.1 Å². The Bertz CT molecular complexity index is 400. The molecule has 4 heteroatoms. The van der Waals surface area contributed by atoms with E-state index in [0.717, 1.165) is 0 Å². The molecule has 1 rings (SSSR count). The van der Waals surface area contributed by atoms with Crippen LogP contribution in [0.1, 0.15) is 19.4 Å². The third kappa shape index (κ3) is 1.72. The van der Waals surface area contributed by atoms with Crippen LogP contribution in [0, 0.1) is 5.41 Å². The van der Waals surface area contributed by atoms with Gasteiger partial charge in [-0.05, 0) is 19.4 Å². The molecule has 0 bridgehead atoms. The first-order chi connectivity index (χ1) is 7.36. The first-order valence-corrected chi connectivity index (χ1v) is 4.90. The highest BCUT2D eigenvalue weighted by Gasteiger charge is 2.48. The van der Waals surface area contributed by atoms with E-state index in [1.165, 1.54) is 13.8 Å². The highest BCUT2D eigenvalue weighted by molar-refractivity contribution is 5.84. The van der Waals surface area contributed by atoms with Crippen molar-refractivity contribution in [3.8, 4) is 0 Å². The average molecular weight is 221 g/mol. The number of carboxylic acid groups (broad SMARTS) is 1. The summed E-state index contributed by atoms with van der Waals surface area (Å²) in [5.74, 6) is -1.11. The van der Waals surface area contributed by atoms with Gasteiger partial charge in [-0.2, -0.15) is 0 Å². The predicted octanol–water partition coefficient (Wildman–Crippen LogP) is 1.15. The van der Waals surface area contributed by atoms with E-state index in [9.17, 15) is 9.59 Å². The lowest BCUT2D eigenvalue weighted by Gasteiger charge is -2.36. The van der Waals surface area contributed by atoms with Crippen LogP contribution in [0.2, 0.25) is 0 Å². The Morgan fingerprint density at radius 3 is 2.19 bits per heavy atom. The van der Waals surface area contributed by atoms with Crippen LogP contribution in [0.3, 0.4) is 0 Å². The molecule has 0 fully saturated rings. The molecule has 16 heavy (non-hydrogen) atoms. The molecule has 0 heterocycles. The van der Waals surface area contributed by atoms with Crippen molar-refractivity contribution in [3.63, 3.8) is 0 Å². The van der Waals surface area contributed by atoms with Crippen molar-refractivity contribution >= 4 is 12.3 Å². The summed E-state index contributed by atoms with van der Waals surface area (Å²) in [6, 6.07) is 8.53. The maximum absolute atomic E-state index is 11.2. The summed E-state index contributed by atoms with van der Waals surface area (Å²) in [4.78, 5) is 22.4. The third-order valence-electron chi connectivity index (χ3n) is 3.01. The van der Waals surface area contributed by atoms with Crippen molar-refractivity contribution in [2.75, 3.05) is 0 Å². The third-order valence-corrected chi connectivity index (χ3v) is 3.01. The number of nitrogens with two attached hydrogens (primary N) is 1. The number of benzene rings is 1. The van der Waals surface area contributed by atoms with E-state index in [1.807, 2.05) is 0 Å². The average Bonchev–Trinajstić information content (AvgIpc) is 2.28. The van der Waals surface area contributed by atoms with Gasteiger partial charge in [0.2, 0.25) is 0 Å². The Morgan fingerprint density at radius 2 is 1.81 bits per heavy atom. The normalized spacial score (nSPS) is 15.2. The van der Waals surface area contributed by atoms with Crippen LogP contribution in [0.5, 0.6) is 0 Å². The molecule has 0 amide bonds. The highest BCUT2D eigenvalue weighted by atomic mass is 16.4. The molecule has 0 aliphatic rings. The summed E-state index contributed by atoms with van der Waals surface area (Å²) >= 11 is 0. The fourth-order valence-electron chi connectivity index (χ4n) is 1.47. The zero-order valence-electron chi connectivity index (χ0n) is 9.31. The molecule has 0 saturated heterocycles. The van der Waals surface area contributed by atoms with E-state index in [-0.39, 0.29) is 0 Å². The molecule has 0 aromatic heterocycles. The number of rotatable bonds is 4. The molecule has 1 aromatic rings. The number of carbonyl (C=O) groups excluding carboxylic acids is 1. The molecule has 0 spiro atoms. The van der Waals surface area contributed by atoms with E-state index >= 15 is 0 Å². The SMILES string of the molecule is CC(C)(C(=O)O)C(N)(C=O)c1ccccc1. The Morgan fingerprint density at radius 1 is 1.31 bits per heavy atom. The Balaban J connectivity index is 3.33. The molecule has 0 aliphatic heterocycles. The number of hydrogen-bond acceptors (Lipinski definition) is 3. The monoisotopic (exact) mass is 221 g/mol. The van der Waals surface area contributed by atoms with E-state index in [1.54, 1.807) is 30.3 Å². The van der Waals surface area contributed by atoms with E-state index < -0.39 is 16.9 Å². The minimum Gasteiger partial charge on any atom is -0.481 e. The summed E-state index contributed by atoms with van der Waals surface area (Å²) < 4.78 is 0. The van der Waals surface area contributed by atoms with Crippen LogP contribution in [0.15, 0.2) is 30.3 Å². The minimum atomic E-state index is -1.53. The van der Waals surface area contributed by atoms with Crippen LogP contribution < -0.4 is 5.73 Å². The maximum Gasteiger partial charge on any atom is 0.311 e. The Hall–Kier alpha value is -1.68. The lowest BCUT2D eigenvalue weighted by molar-refractivity contribution is -0.153. The topological polar surface area (TPSA) is 80.4 Å². The molecule has 1 aromatic carbocycles. The molecule has 0 aliphatic carbocycles. The molecule has 0 saturated carbocycles. The first kappa shape index (κ1) is 12.4. The molecule has 1 unspecified atom stereocenters. The number of aliphatic carboxylic acids is 1. The van der Waals surface area contributed by atoms with Crippen LogP contribution >= 0.6 is 0 Å². The number of aldehydes is 1. The molecular formula is C12H15NO3.